The minimum absolute atomic E-state index is 0.0509. The fraction of sp³-hybridized carbons (Fsp3) is 0.316. The molecule has 25 heavy (non-hydrogen) atoms. The number of halogens is 2. The van der Waals surface area contributed by atoms with Crippen LogP contribution >= 0.6 is 23.2 Å². The van der Waals surface area contributed by atoms with Gasteiger partial charge in [-0.1, -0.05) is 29.3 Å². The van der Waals surface area contributed by atoms with Gasteiger partial charge in [0.15, 0.2) is 0 Å². The summed E-state index contributed by atoms with van der Waals surface area (Å²) in [5.41, 5.74) is 1.62. The molecule has 0 saturated heterocycles. The Balaban J connectivity index is 2.20. The van der Waals surface area contributed by atoms with E-state index in [2.05, 4.69) is 0 Å². The second kappa shape index (κ2) is 8.45. The van der Waals surface area contributed by atoms with Crippen molar-refractivity contribution in [2.24, 2.45) is 0 Å². The third kappa shape index (κ3) is 4.59. The molecular weight excluding hydrogens is 361 g/mol. The zero-order chi connectivity index (χ0) is 18.6. The Morgan fingerprint density at radius 2 is 1.84 bits per heavy atom. The maximum Gasteiger partial charge on any atom is 0.227 e. The predicted octanol–water partition coefficient (Wildman–Crippen LogP) is 4.77. The first-order valence-electron chi connectivity index (χ1n) is 7.79. The van der Waals surface area contributed by atoms with Crippen molar-refractivity contribution in [3.05, 3.63) is 57.6 Å². The highest BCUT2D eigenvalue weighted by Crippen LogP contribution is 2.30. The van der Waals surface area contributed by atoms with Crippen LogP contribution < -0.4 is 9.47 Å². The molecule has 0 aliphatic carbocycles. The number of amides is 1. The summed E-state index contributed by atoms with van der Waals surface area (Å²) in [5, 5.41) is 1.11. The van der Waals surface area contributed by atoms with Crippen LogP contribution in [-0.4, -0.2) is 32.1 Å². The van der Waals surface area contributed by atoms with Crippen LogP contribution in [0, 0.1) is 0 Å². The van der Waals surface area contributed by atoms with Crippen LogP contribution in [-0.2, 0) is 11.2 Å². The fourth-order valence-electron chi connectivity index (χ4n) is 2.57. The van der Waals surface area contributed by atoms with E-state index >= 15 is 0 Å². The molecule has 2 aromatic carbocycles. The summed E-state index contributed by atoms with van der Waals surface area (Å²) in [7, 11) is 4.92. The number of benzene rings is 2. The number of carbonyl (C=O) groups excluding carboxylic acids is 1. The number of hydrogen-bond donors (Lipinski definition) is 0. The summed E-state index contributed by atoms with van der Waals surface area (Å²) in [6.45, 7) is 1.93. The van der Waals surface area contributed by atoms with Gasteiger partial charge >= 0.3 is 0 Å². The zero-order valence-electron chi connectivity index (χ0n) is 14.7. The molecule has 0 fully saturated rings. The molecule has 0 bridgehead atoms. The summed E-state index contributed by atoms with van der Waals surface area (Å²) >= 11 is 12.2. The number of rotatable bonds is 6. The van der Waals surface area contributed by atoms with Gasteiger partial charge in [-0.25, -0.2) is 0 Å². The second-order valence-electron chi connectivity index (χ2n) is 5.70. The maximum atomic E-state index is 12.7. The molecule has 134 valence electrons. The molecule has 6 heteroatoms. The Morgan fingerprint density at radius 1 is 1.12 bits per heavy atom. The maximum absolute atomic E-state index is 12.7. The summed E-state index contributed by atoms with van der Waals surface area (Å²) in [5.74, 6) is 1.28. The van der Waals surface area contributed by atoms with Crippen LogP contribution in [0.5, 0.6) is 11.5 Å². The molecule has 0 aromatic heterocycles. The minimum atomic E-state index is -0.186. The van der Waals surface area contributed by atoms with Crippen LogP contribution in [0.1, 0.15) is 24.1 Å². The highest BCUT2D eigenvalue weighted by Gasteiger charge is 2.21. The molecule has 0 aliphatic rings. The van der Waals surface area contributed by atoms with Crippen molar-refractivity contribution in [1.82, 2.24) is 4.90 Å². The van der Waals surface area contributed by atoms with Crippen LogP contribution in [0.25, 0.3) is 0 Å². The van der Waals surface area contributed by atoms with Crippen molar-refractivity contribution in [3.63, 3.8) is 0 Å². The molecule has 0 radical (unpaired) electrons. The van der Waals surface area contributed by atoms with E-state index in [1.54, 1.807) is 50.4 Å². The lowest BCUT2D eigenvalue weighted by Gasteiger charge is -2.26. The van der Waals surface area contributed by atoms with Crippen molar-refractivity contribution in [3.8, 4) is 11.5 Å². The normalized spacial score (nSPS) is 11.8. The second-order valence-corrected chi connectivity index (χ2v) is 6.54. The van der Waals surface area contributed by atoms with Gasteiger partial charge in [-0.2, -0.15) is 0 Å². The van der Waals surface area contributed by atoms with E-state index in [0.29, 0.717) is 21.5 Å². The van der Waals surface area contributed by atoms with Crippen molar-refractivity contribution in [2.75, 3.05) is 21.3 Å². The highest BCUT2D eigenvalue weighted by molar-refractivity contribution is 6.35. The van der Waals surface area contributed by atoms with E-state index in [9.17, 15) is 4.79 Å². The van der Waals surface area contributed by atoms with E-state index in [0.717, 1.165) is 11.1 Å². The van der Waals surface area contributed by atoms with E-state index < -0.39 is 0 Å². The van der Waals surface area contributed by atoms with E-state index in [4.69, 9.17) is 32.7 Å². The predicted molar refractivity (Wildman–Crippen MR) is 101 cm³/mol. The quantitative estimate of drug-likeness (QED) is 0.722. The van der Waals surface area contributed by atoms with E-state index in [1.807, 2.05) is 19.1 Å². The van der Waals surface area contributed by atoms with Gasteiger partial charge in [0.05, 0.1) is 26.7 Å². The fourth-order valence-corrected chi connectivity index (χ4v) is 3.14. The lowest BCUT2D eigenvalue weighted by Crippen LogP contribution is -2.31. The minimum Gasteiger partial charge on any atom is -0.497 e. The lowest BCUT2D eigenvalue weighted by atomic mass is 10.1. The molecular formula is C19H21Cl2NO3. The Hall–Kier alpha value is -1.91. The number of carbonyl (C=O) groups is 1. The van der Waals surface area contributed by atoms with Crippen LogP contribution in [0.3, 0.4) is 0 Å². The van der Waals surface area contributed by atoms with Crippen LogP contribution in [0.2, 0.25) is 10.0 Å². The van der Waals surface area contributed by atoms with E-state index in [-0.39, 0.29) is 18.4 Å². The summed E-state index contributed by atoms with van der Waals surface area (Å²) in [6, 6.07) is 10.5. The van der Waals surface area contributed by atoms with Gasteiger partial charge in [-0.05, 0) is 42.8 Å². The Labute approximate surface area is 158 Å². The van der Waals surface area contributed by atoms with Crippen LogP contribution in [0.4, 0.5) is 0 Å². The van der Waals surface area contributed by atoms with Crippen molar-refractivity contribution >= 4 is 29.1 Å². The SMILES string of the molecule is COc1ccc(OC)c(CC(=O)N(C)C(C)c2ccc(Cl)cc2Cl)c1. The summed E-state index contributed by atoms with van der Waals surface area (Å²) in [4.78, 5) is 14.4. The van der Waals surface area contributed by atoms with Gasteiger partial charge in [-0.3, -0.25) is 4.79 Å². The molecule has 2 rings (SSSR count). The average molecular weight is 382 g/mol. The smallest absolute Gasteiger partial charge is 0.227 e. The van der Waals surface area contributed by atoms with Gasteiger partial charge in [-0.15, -0.1) is 0 Å². The number of nitrogens with zero attached hydrogens (tertiary/aromatic N) is 1. The zero-order valence-corrected chi connectivity index (χ0v) is 16.2. The molecule has 0 aliphatic heterocycles. The van der Waals surface area contributed by atoms with Gasteiger partial charge in [0.25, 0.3) is 0 Å². The van der Waals surface area contributed by atoms with Gasteiger partial charge < -0.3 is 14.4 Å². The van der Waals surface area contributed by atoms with Crippen molar-refractivity contribution < 1.29 is 14.3 Å². The van der Waals surface area contributed by atoms with Gasteiger partial charge in [0.1, 0.15) is 11.5 Å². The largest absolute Gasteiger partial charge is 0.497 e. The van der Waals surface area contributed by atoms with Crippen molar-refractivity contribution in [2.45, 2.75) is 19.4 Å². The van der Waals surface area contributed by atoms with Gasteiger partial charge in [0, 0.05) is 22.7 Å². The molecule has 4 nitrogen and oxygen atoms in total. The first-order valence-corrected chi connectivity index (χ1v) is 8.54. The standard InChI is InChI=1S/C19H21Cl2NO3/c1-12(16-7-5-14(20)11-17(16)21)22(2)19(23)10-13-9-15(24-3)6-8-18(13)25-4/h5-9,11-12H,10H2,1-4H3. The summed E-state index contributed by atoms with van der Waals surface area (Å²) < 4.78 is 10.6. The third-order valence-corrected chi connectivity index (χ3v) is 4.78. The molecule has 1 unspecified atom stereocenters. The first kappa shape index (κ1) is 19.4. The van der Waals surface area contributed by atoms with Crippen molar-refractivity contribution in [1.29, 1.82) is 0 Å². The Bertz CT molecular complexity index is 764. The number of ether oxygens (including phenoxy) is 2. The third-order valence-electron chi connectivity index (χ3n) is 4.22. The molecule has 0 N–H and O–H groups in total. The summed E-state index contributed by atoms with van der Waals surface area (Å²) in [6.07, 6.45) is 0.201. The van der Waals surface area contributed by atoms with Gasteiger partial charge in [0.2, 0.25) is 5.91 Å². The highest BCUT2D eigenvalue weighted by atomic mass is 35.5. The lowest BCUT2D eigenvalue weighted by molar-refractivity contribution is -0.131. The number of methoxy groups -OCH3 is 2. The molecule has 1 amide bonds. The molecule has 0 saturated carbocycles. The molecule has 0 spiro atoms. The van der Waals surface area contributed by atoms with Crippen LogP contribution in [0.15, 0.2) is 36.4 Å². The average Bonchev–Trinajstić information content (AvgIpc) is 2.60. The molecule has 1 atom stereocenters. The topological polar surface area (TPSA) is 38.8 Å². The van der Waals surface area contributed by atoms with E-state index in [1.165, 1.54) is 0 Å². The monoisotopic (exact) mass is 381 g/mol. The Kier molecular flexibility index (Phi) is 6.57. The number of likely N-dealkylation sites (N-methyl/N-ethyl adjacent to an activating group) is 1. The first-order chi connectivity index (χ1) is 11.9. The number of hydrogen-bond acceptors (Lipinski definition) is 3. The molecule has 0 heterocycles. The Morgan fingerprint density at radius 3 is 2.44 bits per heavy atom. The molecule has 2 aromatic rings.